The summed E-state index contributed by atoms with van der Waals surface area (Å²) in [4.78, 5) is 14.4. The van der Waals surface area contributed by atoms with E-state index in [1.807, 2.05) is 25.1 Å². The Labute approximate surface area is 141 Å². The Bertz CT molecular complexity index is 818. The maximum atomic E-state index is 12.6. The standard InChI is InChI=1S/C17H18ClNO3S/c1-3-19(12-13-6-4-8-15(18)10-13)17(20)14-7-5-9-16(11-14)23(2,21)22/h4-11H,3,12H2,1-2H3. The van der Waals surface area contributed by atoms with Gasteiger partial charge >= 0.3 is 0 Å². The summed E-state index contributed by atoms with van der Waals surface area (Å²) in [5.41, 5.74) is 1.28. The topological polar surface area (TPSA) is 54.5 Å². The predicted molar refractivity (Wildman–Crippen MR) is 91.4 cm³/mol. The molecule has 2 rings (SSSR count). The highest BCUT2D eigenvalue weighted by Gasteiger charge is 2.17. The lowest BCUT2D eigenvalue weighted by molar-refractivity contribution is 0.0752. The molecule has 0 aliphatic heterocycles. The van der Waals surface area contributed by atoms with Gasteiger partial charge in [0, 0.05) is 29.9 Å². The quantitative estimate of drug-likeness (QED) is 0.829. The molecule has 0 aliphatic rings. The number of hydrogen-bond donors (Lipinski definition) is 0. The molecule has 0 saturated carbocycles. The first-order valence-electron chi connectivity index (χ1n) is 7.15. The minimum absolute atomic E-state index is 0.141. The van der Waals surface area contributed by atoms with Crippen LogP contribution in [0.4, 0.5) is 0 Å². The number of rotatable bonds is 5. The molecule has 1 amide bonds. The van der Waals surface area contributed by atoms with Gasteiger partial charge in [-0.25, -0.2) is 8.42 Å². The molecule has 4 nitrogen and oxygen atoms in total. The molecule has 0 radical (unpaired) electrons. The van der Waals surface area contributed by atoms with Crippen LogP contribution in [0.25, 0.3) is 0 Å². The lowest BCUT2D eigenvalue weighted by atomic mass is 10.1. The molecule has 0 fully saturated rings. The highest BCUT2D eigenvalue weighted by molar-refractivity contribution is 7.90. The van der Waals surface area contributed by atoms with E-state index in [1.54, 1.807) is 23.1 Å². The molecule has 0 unspecified atom stereocenters. The fourth-order valence-electron chi connectivity index (χ4n) is 2.23. The molecule has 0 aromatic heterocycles. The van der Waals surface area contributed by atoms with Crippen LogP contribution in [-0.2, 0) is 16.4 Å². The van der Waals surface area contributed by atoms with Crippen LogP contribution >= 0.6 is 11.6 Å². The number of benzene rings is 2. The Morgan fingerprint density at radius 3 is 2.43 bits per heavy atom. The van der Waals surface area contributed by atoms with E-state index < -0.39 is 9.84 Å². The van der Waals surface area contributed by atoms with Gasteiger partial charge in [0.15, 0.2) is 9.84 Å². The van der Waals surface area contributed by atoms with Crippen LogP contribution in [0.3, 0.4) is 0 Å². The number of carbonyl (C=O) groups is 1. The van der Waals surface area contributed by atoms with E-state index >= 15 is 0 Å². The second-order valence-corrected chi connectivity index (χ2v) is 7.70. The number of sulfone groups is 1. The predicted octanol–water partition coefficient (Wildman–Crippen LogP) is 3.41. The maximum Gasteiger partial charge on any atom is 0.254 e. The Morgan fingerprint density at radius 1 is 1.13 bits per heavy atom. The van der Waals surface area contributed by atoms with Crippen LogP contribution in [0, 0.1) is 0 Å². The second-order valence-electron chi connectivity index (χ2n) is 5.25. The van der Waals surface area contributed by atoms with Crippen molar-refractivity contribution in [1.82, 2.24) is 4.90 Å². The van der Waals surface area contributed by atoms with Crippen LogP contribution < -0.4 is 0 Å². The molecule has 23 heavy (non-hydrogen) atoms. The van der Waals surface area contributed by atoms with E-state index in [2.05, 4.69) is 0 Å². The van der Waals surface area contributed by atoms with Gasteiger partial charge in [0.05, 0.1) is 4.90 Å². The summed E-state index contributed by atoms with van der Waals surface area (Å²) in [5, 5.41) is 0.616. The molecule has 0 N–H and O–H groups in total. The largest absolute Gasteiger partial charge is 0.335 e. The van der Waals surface area contributed by atoms with E-state index in [1.165, 1.54) is 12.1 Å². The van der Waals surface area contributed by atoms with E-state index in [4.69, 9.17) is 11.6 Å². The Hall–Kier alpha value is -1.85. The van der Waals surface area contributed by atoms with Gasteiger partial charge in [-0.1, -0.05) is 29.8 Å². The average molecular weight is 352 g/mol. The number of nitrogens with zero attached hydrogens (tertiary/aromatic N) is 1. The molecule has 0 atom stereocenters. The molecule has 0 saturated heterocycles. The van der Waals surface area contributed by atoms with Gasteiger partial charge in [-0.2, -0.15) is 0 Å². The molecule has 2 aromatic rings. The summed E-state index contributed by atoms with van der Waals surface area (Å²) in [7, 11) is -3.34. The first-order valence-corrected chi connectivity index (χ1v) is 9.42. The summed E-state index contributed by atoms with van der Waals surface area (Å²) >= 11 is 5.97. The highest BCUT2D eigenvalue weighted by Crippen LogP contribution is 2.16. The molecule has 0 aliphatic carbocycles. The van der Waals surface area contributed by atoms with E-state index in [0.717, 1.165) is 11.8 Å². The van der Waals surface area contributed by atoms with Crippen LogP contribution in [0.15, 0.2) is 53.4 Å². The summed E-state index contributed by atoms with van der Waals surface area (Å²) in [6.07, 6.45) is 1.13. The fourth-order valence-corrected chi connectivity index (χ4v) is 3.10. The zero-order chi connectivity index (χ0) is 17.0. The summed E-state index contributed by atoms with van der Waals surface area (Å²) < 4.78 is 23.3. The summed E-state index contributed by atoms with van der Waals surface area (Å²) in [6.45, 7) is 2.80. The van der Waals surface area contributed by atoms with Crippen LogP contribution in [-0.4, -0.2) is 32.0 Å². The molecule has 6 heteroatoms. The van der Waals surface area contributed by atoms with Gasteiger partial charge < -0.3 is 4.90 Å². The van der Waals surface area contributed by atoms with E-state index in [0.29, 0.717) is 23.7 Å². The van der Waals surface area contributed by atoms with Gasteiger partial charge in [0.1, 0.15) is 0 Å². The number of hydrogen-bond acceptors (Lipinski definition) is 3. The number of carbonyl (C=O) groups excluding carboxylic acids is 1. The second kappa shape index (κ2) is 7.15. The molecule has 2 aromatic carbocycles. The minimum Gasteiger partial charge on any atom is -0.335 e. The SMILES string of the molecule is CCN(Cc1cccc(Cl)c1)C(=O)c1cccc(S(C)(=O)=O)c1. The van der Waals surface area contributed by atoms with E-state index in [-0.39, 0.29) is 10.8 Å². The normalized spacial score (nSPS) is 11.3. The molecular weight excluding hydrogens is 334 g/mol. The van der Waals surface area contributed by atoms with Crippen molar-refractivity contribution in [3.05, 3.63) is 64.7 Å². The zero-order valence-corrected chi connectivity index (χ0v) is 14.6. The van der Waals surface area contributed by atoms with Crippen LogP contribution in [0.5, 0.6) is 0 Å². The van der Waals surface area contributed by atoms with Crippen molar-refractivity contribution in [2.75, 3.05) is 12.8 Å². The molecular formula is C17H18ClNO3S. The van der Waals surface area contributed by atoms with Crippen molar-refractivity contribution in [3.63, 3.8) is 0 Å². The van der Waals surface area contributed by atoms with Crippen molar-refractivity contribution in [2.45, 2.75) is 18.4 Å². The third-order valence-electron chi connectivity index (χ3n) is 3.44. The monoisotopic (exact) mass is 351 g/mol. The van der Waals surface area contributed by atoms with Crippen molar-refractivity contribution < 1.29 is 13.2 Å². The number of amides is 1. The molecule has 0 heterocycles. The Morgan fingerprint density at radius 2 is 1.83 bits per heavy atom. The summed E-state index contributed by atoms with van der Waals surface area (Å²) in [6, 6.07) is 13.4. The van der Waals surface area contributed by atoms with Crippen molar-refractivity contribution >= 4 is 27.3 Å². The van der Waals surface area contributed by atoms with Gasteiger partial charge in [-0.15, -0.1) is 0 Å². The highest BCUT2D eigenvalue weighted by atomic mass is 35.5. The lowest BCUT2D eigenvalue weighted by Gasteiger charge is -2.21. The van der Waals surface area contributed by atoms with Crippen LogP contribution in [0.2, 0.25) is 5.02 Å². The fraction of sp³-hybridized carbons (Fsp3) is 0.235. The Balaban J connectivity index is 2.26. The molecule has 122 valence electrons. The van der Waals surface area contributed by atoms with Crippen molar-refractivity contribution in [3.8, 4) is 0 Å². The maximum absolute atomic E-state index is 12.6. The van der Waals surface area contributed by atoms with E-state index in [9.17, 15) is 13.2 Å². The van der Waals surface area contributed by atoms with Gasteiger partial charge in [-0.05, 0) is 42.8 Å². The van der Waals surface area contributed by atoms with Crippen molar-refractivity contribution in [2.24, 2.45) is 0 Å². The average Bonchev–Trinajstić information content (AvgIpc) is 2.51. The first-order chi connectivity index (χ1) is 10.8. The van der Waals surface area contributed by atoms with Gasteiger partial charge in [-0.3, -0.25) is 4.79 Å². The third-order valence-corrected chi connectivity index (χ3v) is 4.79. The molecule has 0 spiro atoms. The molecule has 0 bridgehead atoms. The third kappa shape index (κ3) is 4.56. The lowest BCUT2D eigenvalue weighted by Crippen LogP contribution is -2.30. The van der Waals surface area contributed by atoms with Crippen molar-refractivity contribution in [1.29, 1.82) is 0 Å². The number of halogens is 1. The minimum atomic E-state index is -3.34. The Kier molecular flexibility index (Phi) is 5.44. The first kappa shape index (κ1) is 17.5. The van der Waals surface area contributed by atoms with Gasteiger partial charge in [0.2, 0.25) is 0 Å². The van der Waals surface area contributed by atoms with Gasteiger partial charge in [0.25, 0.3) is 5.91 Å². The summed E-state index contributed by atoms with van der Waals surface area (Å²) in [5.74, 6) is -0.210. The smallest absolute Gasteiger partial charge is 0.254 e. The van der Waals surface area contributed by atoms with Crippen LogP contribution in [0.1, 0.15) is 22.8 Å². The zero-order valence-electron chi connectivity index (χ0n) is 13.0.